The zero-order valence-electron chi connectivity index (χ0n) is 19.0. The van der Waals surface area contributed by atoms with Crippen LogP contribution in [0.2, 0.25) is 0 Å². The Morgan fingerprint density at radius 3 is 0.765 bits per heavy atom. The van der Waals surface area contributed by atoms with E-state index < -0.39 is 0 Å². The Kier molecular flexibility index (Phi) is 6.68. The maximum absolute atomic E-state index is 3.73. The molecule has 0 aromatic heterocycles. The summed E-state index contributed by atoms with van der Waals surface area (Å²) in [6.45, 7) is 0. The molecule has 0 bridgehead atoms. The highest BCUT2D eigenvalue weighted by atomic mass is 14.9. The molecule has 34 heavy (non-hydrogen) atoms. The summed E-state index contributed by atoms with van der Waals surface area (Å²) >= 11 is 0. The molecule has 0 spiro atoms. The molecule has 0 aliphatic rings. The number of hydrogen-bond donors (Lipinski definition) is 2. The molecule has 0 atom stereocenters. The van der Waals surface area contributed by atoms with E-state index in [0.717, 1.165) is 11.4 Å². The molecule has 0 saturated carbocycles. The minimum Gasteiger partial charge on any atom is -0.374 e. The van der Waals surface area contributed by atoms with Crippen LogP contribution in [0, 0.1) is 0 Å². The molecule has 0 saturated heterocycles. The fourth-order valence-electron chi connectivity index (χ4n) is 4.30. The van der Waals surface area contributed by atoms with E-state index in [9.17, 15) is 0 Å². The standard InChI is InChI=1S/C32H28N2/c1-5-13-25(14-6-1)31(26-15-7-2-8-16-26)33-29-21-23-30(24-22-29)34-32(27-17-9-3-10-18-27)28-19-11-4-12-20-28/h1-24,31-34H. The Bertz CT molecular complexity index is 1090. The first-order chi connectivity index (χ1) is 16.9. The molecule has 2 N–H and O–H groups in total. The fraction of sp³-hybridized carbons (Fsp3) is 0.0625. The Morgan fingerprint density at radius 2 is 0.529 bits per heavy atom. The molecule has 0 heterocycles. The van der Waals surface area contributed by atoms with E-state index in [0.29, 0.717) is 0 Å². The molecular formula is C32H28N2. The first kappa shape index (κ1) is 21.5. The van der Waals surface area contributed by atoms with Gasteiger partial charge in [0.05, 0.1) is 12.1 Å². The summed E-state index contributed by atoms with van der Waals surface area (Å²) in [5, 5.41) is 7.46. The second kappa shape index (κ2) is 10.5. The van der Waals surface area contributed by atoms with E-state index in [1.807, 2.05) is 0 Å². The summed E-state index contributed by atoms with van der Waals surface area (Å²) in [5.41, 5.74) is 7.12. The van der Waals surface area contributed by atoms with Gasteiger partial charge in [-0.2, -0.15) is 0 Å². The highest BCUT2D eigenvalue weighted by Gasteiger charge is 2.15. The fourth-order valence-corrected chi connectivity index (χ4v) is 4.30. The molecule has 0 fully saturated rings. The summed E-state index contributed by atoms with van der Waals surface area (Å²) in [7, 11) is 0. The molecule has 0 aliphatic heterocycles. The van der Waals surface area contributed by atoms with Crippen molar-refractivity contribution in [3.8, 4) is 0 Å². The van der Waals surface area contributed by atoms with Gasteiger partial charge in [-0.1, -0.05) is 121 Å². The van der Waals surface area contributed by atoms with Gasteiger partial charge in [-0.25, -0.2) is 0 Å². The van der Waals surface area contributed by atoms with E-state index in [-0.39, 0.29) is 12.1 Å². The molecule has 2 nitrogen and oxygen atoms in total. The van der Waals surface area contributed by atoms with E-state index in [4.69, 9.17) is 0 Å². The second-order valence-electron chi connectivity index (χ2n) is 8.37. The van der Waals surface area contributed by atoms with E-state index >= 15 is 0 Å². The van der Waals surface area contributed by atoms with Gasteiger partial charge in [-0.15, -0.1) is 0 Å². The molecule has 0 unspecified atom stereocenters. The minimum atomic E-state index is 0.0857. The van der Waals surface area contributed by atoms with Crippen LogP contribution in [0.25, 0.3) is 0 Å². The lowest BCUT2D eigenvalue weighted by Gasteiger charge is -2.23. The predicted molar refractivity (Wildman–Crippen MR) is 143 cm³/mol. The smallest absolute Gasteiger partial charge is 0.0767 e. The number of benzene rings is 5. The van der Waals surface area contributed by atoms with Crippen LogP contribution in [-0.4, -0.2) is 0 Å². The third kappa shape index (κ3) is 5.19. The Hall–Kier alpha value is -4.30. The molecule has 0 radical (unpaired) electrons. The first-order valence-electron chi connectivity index (χ1n) is 11.7. The summed E-state index contributed by atoms with van der Waals surface area (Å²) < 4.78 is 0. The van der Waals surface area contributed by atoms with E-state index in [1.54, 1.807) is 0 Å². The van der Waals surface area contributed by atoms with Crippen LogP contribution in [0.4, 0.5) is 11.4 Å². The topological polar surface area (TPSA) is 24.1 Å². The molecule has 0 aliphatic carbocycles. The number of anilines is 2. The van der Waals surface area contributed by atoms with Gasteiger partial charge in [-0.3, -0.25) is 0 Å². The summed E-state index contributed by atoms with van der Waals surface area (Å²) in [6.07, 6.45) is 0. The van der Waals surface area contributed by atoms with Gasteiger partial charge in [0.2, 0.25) is 0 Å². The van der Waals surface area contributed by atoms with Gasteiger partial charge < -0.3 is 10.6 Å². The number of nitrogens with one attached hydrogen (secondary N) is 2. The van der Waals surface area contributed by atoms with Crippen molar-refractivity contribution in [2.45, 2.75) is 12.1 Å². The minimum absolute atomic E-state index is 0.0857. The first-order valence-corrected chi connectivity index (χ1v) is 11.7. The molecule has 2 heteroatoms. The number of hydrogen-bond acceptors (Lipinski definition) is 2. The maximum Gasteiger partial charge on any atom is 0.0767 e. The van der Waals surface area contributed by atoms with Crippen LogP contribution in [-0.2, 0) is 0 Å². The zero-order valence-corrected chi connectivity index (χ0v) is 19.0. The van der Waals surface area contributed by atoms with Crippen molar-refractivity contribution in [1.29, 1.82) is 0 Å². The van der Waals surface area contributed by atoms with Crippen molar-refractivity contribution in [2.24, 2.45) is 0 Å². The van der Waals surface area contributed by atoms with Crippen molar-refractivity contribution in [3.63, 3.8) is 0 Å². The second-order valence-corrected chi connectivity index (χ2v) is 8.37. The largest absolute Gasteiger partial charge is 0.374 e. The Labute approximate surface area is 201 Å². The molecule has 5 rings (SSSR count). The van der Waals surface area contributed by atoms with Gasteiger partial charge in [-0.05, 0) is 46.5 Å². The quantitative estimate of drug-likeness (QED) is 0.255. The third-order valence-electron chi connectivity index (χ3n) is 6.04. The van der Waals surface area contributed by atoms with Gasteiger partial charge in [0.1, 0.15) is 0 Å². The maximum atomic E-state index is 3.73. The normalized spacial score (nSPS) is 10.9. The van der Waals surface area contributed by atoms with Crippen LogP contribution < -0.4 is 10.6 Å². The van der Waals surface area contributed by atoms with Gasteiger partial charge in [0.15, 0.2) is 0 Å². The van der Waals surface area contributed by atoms with E-state index in [1.165, 1.54) is 22.3 Å². The van der Waals surface area contributed by atoms with Crippen molar-refractivity contribution < 1.29 is 0 Å². The lowest BCUT2D eigenvalue weighted by molar-refractivity contribution is 0.934. The molecule has 5 aromatic carbocycles. The van der Waals surface area contributed by atoms with E-state index in [2.05, 4.69) is 156 Å². The monoisotopic (exact) mass is 440 g/mol. The lowest BCUT2D eigenvalue weighted by Crippen LogP contribution is -2.13. The Balaban J connectivity index is 1.38. The third-order valence-corrected chi connectivity index (χ3v) is 6.04. The van der Waals surface area contributed by atoms with Gasteiger partial charge >= 0.3 is 0 Å². The van der Waals surface area contributed by atoms with Crippen molar-refractivity contribution in [1.82, 2.24) is 0 Å². The van der Waals surface area contributed by atoms with Gasteiger partial charge in [0.25, 0.3) is 0 Å². The molecule has 166 valence electrons. The summed E-state index contributed by atoms with van der Waals surface area (Å²) in [5.74, 6) is 0. The molecular weight excluding hydrogens is 412 g/mol. The van der Waals surface area contributed by atoms with Crippen LogP contribution in [0.3, 0.4) is 0 Å². The summed E-state index contributed by atoms with van der Waals surface area (Å²) in [6, 6.07) is 51.1. The molecule has 0 amide bonds. The number of rotatable bonds is 8. The van der Waals surface area contributed by atoms with Crippen LogP contribution in [0.1, 0.15) is 34.3 Å². The van der Waals surface area contributed by atoms with Crippen molar-refractivity contribution in [2.75, 3.05) is 10.6 Å². The van der Waals surface area contributed by atoms with Crippen LogP contribution >= 0.6 is 0 Å². The Morgan fingerprint density at radius 1 is 0.294 bits per heavy atom. The zero-order chi connectivity index (χ0) is 23.0. The highest BCUT2D eigenvalue weighted by Crippen LogP contribution is 2.30. The average Bonchev–Trinajstić information content (AvgIpc) is 2.93. The SMILES string of the molecule is c1ccc(C(Nc2ccc(NC(c3ccccc3)c3ccccc3)cc2)c2ccccc2)cc1. The predicted octanol–water partition coefficient (Wildman–Crippen LogP) is 8.09. The van der Waals surface area contributed by atoms with Crippen molar-refractivity contribution >= 4 is 11.4 Å². The van der Waals surface area contributed by atoms with Crippen LogP contribution in [0.15, 0.2) is 146 Å². The lowest BCUT2D eigenvalue weighted by atomic mass is 9.98. The average molecular weight is 441 g/mol. The van der Waals surface area contributed by atoms with Crippen molar-refractivity contribution in [3.05, 3.63) is 168 Å². The van der Waals surface area contributed by atoms with Gasteiger partial charge in [0, 0.05) is 11.4 Å². The highest BCUT2D eigenvalue weighted by molar-refractivity contribution is 5.57. The van der Waals surface area contributed by atoms with Crippen LogP contribution in [0.5, 0.6) is 0 Å². The summed E-state index contributed by atoms with van der Waals surface area (Å²) in [4.78, 5) is 0. The molecule has 5 aromatic rings.